The van der Waals surface area contributed by atoms with E-state index in [0.29, 0.717) is 22.3 Å². The molecular weight excluding hydrogens is 420 g/mol. The van der Waals surface area contributed by atoms with Crippen LogP contribution in [0, 0.1) is 5.92 Å². The third kappa shape index (κ3) is 6.37. The Labute approximate surface area is 184 Å². The van der Waals surface area contributed by atoms with Crippen molar-refractivity contribution in [2.24, 2.45) is 5.92 Å². The summed E-state index contributed by atoms with van der Waals surface area (Å²) in [6.07, 6.45) is 2.42. The van der Waals surface area contributed by atoms with Gasteiger partial charge in [-0.3, -0.25) is 14.6 Å². The van der Waals surface area contributed by atoms with E-state index in [9.17, 15) is 9.59 Å². The average Bonchev–Trinajstić information content (AvgIpc) is 3.16. The Morgan fingerprint density at radius 1 is 1.13 bits per heavy atom. The number of nitrogens with one attached hydrogen (secondary N) is 2. The lowest BCUT2D eigenvalue weighted by atomic mass is 10.0. The van der Waals surface area contributed by atoms with Gasteiger partial charge in [-0.25, -0.2) is 4.98 Å². The molecule has 0 radical (unpaired) electrons. The second-order valence-electron chi connectivity index (χ2n) is 7.17. The molecule has 0 bridgehead atoms. The molecule has 2 N–H and O–H groups in total. The number of pyridine rings is 1. The zero-order valence-corrected chi connectivity index (χ0v) is 18.3. The maximum Gasteiger partial charge on any atom is 0.228 e. The lowest BCUT2D eigenvalue weighted by molar-refractivity contribution is -0.121. The van der Waals surface area contributed by atoms with E-state index in [4.69, 9.17) is 11.6 Å². The largest absolute Gasteiger partial charge is 0.347 e. The van der Waals surface area contributed by atoms with Gasteiger partial charge in [-0.15, -0.1) is 11.3 Å². The first-order valence-electron chi connectivity index (χ1n) is 9.60. The van der Waals surface area contributed by atoms with E-state index < -0.39 is 0 Å². The molecule has 1 atom stereocenters. The first-order chi connectivity index (χ1) is 14.4. The van der Waals surface area contributed by atoms with Crippen molar-refractivity contribution in [1.29, 1.82) is 0 Å². The van der Waals surface area contributed by atoms with Crippen molar-refractivity contribution in [2.45, 2.75) is 32.7 Å². The summed E-state index contributed by atoms with van der Waals surface area (Å²) in [6, 6.07) is 12.9. The molecule has 0 aliphatic heterocycles. The number of anilines is 1. The van der Waals surface area contributed by atoms with Crippen molar-refractivity contribution in [2.75, 3.05) is 5.32 Å². The molecule has 1 aromatic carbocycles. The summed E-state index contributed by atoms with van der Waals surface area (Å²) in [6.45, 7) is 3.63. The standard InChI is InChI=1S/C22H23ClN4O2S/c1-14(2)21(29)27-22-25-17(13-30-22)12-20(28)26-19(18-5-3-4-10-24-18)11-15-6-8-16(23)9-7-15/h3-10,13-14,19H,11-12H2,1-2H3,(H,26,28)(H,25,27,29)/t19-/m1/s1. The summed E-state index contributed by atoms with van der Waals surface area (Å²) in [5, 5.41) is 8.76. The molecule has 2 heterocycles. The Morgan fingerprint density at radius 3 is 2.57 bits per heavy atom. The van der Waals surface area contributed by atoms with Gasteiger partial charge in [0.15, 0.2) is 5.13 Å². The maximum atomic E-state index is 12.7. The minimum atomic E-state index is -0.279. The highest BCUT2D eigenvalue weighted by Gasteiger charge is 2.18. The van der Waals surface area contributed by atoms with Gasteiger partial charge in [0.05, 0.1) is 23.9 Å². The molecule has 0 unspecified atom stereocenters. The van der Waals surface area contributed by atoms with E-state index >= 15 is 0 Å². The fraction of sp³-hybridized carbons (Fsp3) is 0.273. The van der Waals surface area contributed by atoms with E-state index in [1.54, 1.807) is 11.6 Å². The van der Waals surface area contributed by atoms with E-state index in [2.05, 4.69) is 20.6 Å². The number of thiazole rings is 1. The molecule has 0 saturated carbocycles. The second kappa shape index (κ2) is 10.3. The molecule has 0 saturated heterocycles. The minimum Gasteiger partial charge on any atom is -0.347 e. The van der Waals surface area contributed by atoms with Crippen molar-refractivity contribution in [3.05, 3.63) is 76.0 Å². The van der Waals surface area contributed by atoms with Crippen molar-refractivity contribution in [3.63, 3.8) is 0 Å². The predicted molar refractivity (Wildman–Crippen MR) is 120 cm³/mol. The molecular formula is C22H23ClN4O2S. The third-order valence-electron chi connectivity index (χ3n) is 4.38. The number of benzene rings is 1. The molecule has 6 nitrogen and oxygen atoms in total. The Morgan fingerprint density at radius 2 is 1.90 bits per heavy atom. The van der Waals surface area contributed by atoms with Crippen LogP contribution in [0.1, 0.15) is 36.8 Å². The number of hydrogen-bond acceptors (Lipinski definition) is 5. The molecule has 30 heavy (non-hydrogen) atoms. The Kier molecular flexibility index (Phi) is 7.54. The summed E-state index contributed by atoms with van der Waals surface area (Å²) in [5.41, 5.74) is 2.44. The lowest BCUT2D eigenvalue weighted by Crippen LogP contribution is -2.31. The van der Waals surface area contributed by atoms with Crippen LogP contribution < -0.4 is 10.6 Å². The topological polar surface area (TPSA) is 84.0 Å². The first-order valence-corrected chi connectivity index (χ1v) is 10.9. The van der Waals surface area contributed by atoms with Gasteiger partial charge < -0.3 is 10.6 Å². The fourth-order valence-electron chi connectivity index (χ4n) is 2.77. The monoisotopic (exact) mass is 442 g/mol. The molecule has 2 amide bonds. The molecule has 3 rings (SSSR count). The highest BCUT2D eigenvalue weighted by atomic mass is 35.5. The van der Waals surface area contributed by atoms with Crippen LogP contribution in [0.3, 0.4) is 0 Å². The van der Waals surface area contributed by atoms with Gasteiger partial charge in [0, 0.05) is 22.5 Å². The zero-order valence-electron chi connectivity index (χ0n) is 16.8. The maximum absolute atomic E-state index is 12.7. The number of rotatable bonds is 8. The van der Waals surface area contributed by atoms with Gasteiger partial charge in [-0.2, -0.15) is 0 Å². The van der Waals surface area contributed by atoms with Gasteiger partial charge in [-0.1, -0.05) is 43.6 Å². The molecule has 8 heteroatoms. The van der Waals surface area contributed by atoms with E-state index in [1.807, 2.05) is 56.3 Å². The zero-order chi connectivity index (χ0) is 21.5. The quantitative estimate of drug-likeness (QED) is 0.540. The van der Waals surface area contributed by atoms with Crippen molar-refractivity contribution >= 4 is 39.9 Å². The van der Waals surface area contributed by atoms with Gasteiger partial charge >= 0.3 is 0 Å². The lowest BCUT2D eigenvalue weighted by Gasteiger charge is -2.18. The van der Waals surface area contributed by atoms with Crippen LogP contribution in [-0.2, 0) is 22.4 Å². The molecule has 0 spiro atoms. The Balaban J connectivity index is 1.67. The van der Waals surface area contributed by atoms with E-state index in [1.165, 1.54) is 11.3 Å². The predicted octanol–water partition coefficient (Wildman–Crippen LogP) is 4.43. The first kappa shape index (κ1) is 21.9. The van der Waals surface area contributed by atoms with Gasteiger partial charge in [-0.05, 0) is 36.2 Å². The number of carbonyl (C=O) groups excluding carboxylic acids is 2. The summed E-state index contributed by atoms with van der Waals surface area (Å²) in [7, 11) is 0. The van der Waals surface area contributed by atoms with Crippen molar-refractivity contribution in [1.82, 2.24) is 15.3 Å². The molecule has 0 aliphatic carbocycles. The van der Waals surface area contributed by atoms with E-state index in [0.717, 1.165) is 11.3 Å². The van der Waals surface area contributed by atoms with Crippen LogP contribution in [-0.4, -0.2) is 21.8 Å². The normalized spacial score (nSPS) is 11.9. The van der Waals surface area contributed by atoms with Crippen LogP contribution in [0.25, 0.3) is 0 Å². The molecule has 0 fully saturated rings. The smallest absolute Gasteiger partial charge is 0.228 e. The number of nitrogens with zero attached hydrogens (tertiary/aromatic N) is 2. The summed E-state index contributed by atoms with van der Waals surface area (Å²) in [5.74, 6) is -0.391. The fourth-order valence-corrected chi connectivity index (χ4v) is 3.61. The van der Waals surface area contributed by atoms with Crippen LogP contribution in [0.15, 0.2) is 54.0 Å². The summed E-state index contributed by atoms with van der Waals surface area (Å²) < 4.78 is 0. The third-order valence-corrected chi connectivity index (χ3v) is 5.44. The van der Waals surface area contributed by atoms with Gasteiger partial charge in [0.2, 0.25) is 11.8 Å². The summed E-state index contributed by atoms with van der Waals surface area (Å²) in [4.78, 5) is 33.2. The highest BCUT2D eigenvalue weighted by molar-refractivity contribution is 7.13. The average molecular weight is 443 g/mol. The van der Waals surface area contributed by atoms with E-state index in [-0.39, 0.29) is 30.2 Å². The van der Waals surface area contributed by atoms with Crippen LogP contribution >= 0.6 is 22.9 Å². The van der Waals surface area contributed by atoms with Crippen molar-refractivity contribution in [3.8, 4) is 0 Å². The van der Waals surface area contributed by atoms with Gasteiger partial charge in [0.1, 0.15) is 0 Å². The highest BCUT2D eigenvalue weighted by Crippen LogP contribution is 2.20. The minimum absolute atomic E-state index is 0.0986. The SMILES string of the molecule is CC(C)C(=O)Nc1nc(CC(=O)N[C@H](Cc2ccc(Cl)cc2)c2ccccn2)cs1. The second-order valence-corrected chi connectivity index (χ2v) is 8.46. The Bertz CT molecular complexity index is 990. The molecule has 3 aromatic rings. The van der Waals surface area contributed by atoms with Crippen LogP contribution in [0.5, 0.6) is 0 Å². The van der Waals surface area contributed by atoms with Crippen molar-refractivity contribution < 1.29 is 9.59 Å². The molecule has 0 aliphatic rings. The molecule has 2 aromatic heterocycles. The number of aromatic nitrogens is 2. The van der Waals surface area contributed by atoms with Gasteiger partial charge in [0.25, 0.3) is 0 Å². The summed E-state index contributed by atoms with van der Waals surface area (Å²) >= 11 is 7.28. The molecule has 156 valence electrons. The number of halogens is 1. The number of carbonyl (C=O) groups is 2. The number of amides is 2. The number of hydrogen-bond donors (Lipinski definition) is 2. The van der Waals surface area contributed by atoms with Crippen LogP contribution in [0.2, 0.25) is 5.02 Å². The van der Waals surface area contributed by atoms with Crippen LogP contribution in [0.4, 0.5) is 5.13 Å². The Hall–Kier alpha value is -2.77.